The Kier molecular flexibility index (Phi) is 4.00. The first-order chi connectivity index (χ1) is 9.11. The van der Waals surface area contributed by atoms with E-state index in [4.69, 9.17) is 0 Å². The van der Waals surface area contributed by atoms with Crippen LogP contribution >= 0.6 is 0 Å². The summed E-state index contributed by atoms with van der Waals surface area (Å²) < 4.78 is 0. The smallest absolute Gasteiger partial charge is 0.193 e. The largest absolute Gasteiger partial charge is 0.508 e. The molecule has 0 fully saturated rings. The van der Waals surface area contributed by atoms with Crippen molar-refractivity contribution in [3.05, 3.63) is 65.2 Å². The number of benzene rings is 2. The van der Waals surface area contributed by atoms with Crippen molar-refractivity contribution in [3.8, 4) is 5.75 Å². The molecule has 2 aromatic carbocycles. The van der Waals surface area contributed by atoms with E-state index >= 15 is 0 Å². The van der Waals surface area contributed by atoms with Crippen molar-refractivity contribution < 1.29 is 9.90 Å². The maximum atomic E-state index is 12.2. The Balaban J connectivity index is 2.25. The fourth-order valence-electron chi connectivity index (χ4n) is 2.01. The van der Waals surface area contributed by atoms with Gasteiger partial charge in [-0.15, -0.1) is 0 Å². The minimum atomic E-state index is -0.0633. The normalized spacial score (nSPS) is 12.1. The molecule has 98 valence electrons. The molecule has 0 spiro atoms. The van der Waals surface area contributed by atoms with E-state index in [-0.39, 0.29) is 11.5 Å². The van der Waals surface area contributed by atoms with E-state index in [9.17, 15) is 9.90 Å². The Hall–Kier alpha value is -2.09. The highest BCUT2D eigenvalue weighted by molar-refractivity contribution is 6.09. The Labute approximate surface area is 113 Å². The summed E-state index contributed by atoms with van der Waals surface area (Å²) in [6.45, 7) is 4.32. The SMILES string of the molecule is CCC(C)c1ccc(C(=O)c2cccc(O)c2)cc1. The minimum absolute atomic E-state index is 0.0633. The van der Waals surface area contributed by atoms with E-state index in [0.717, 1.165) is 6.42 Å². The highest BCUT2D eigenvalue weighted by Gasteiger charge is 2.10. The van der Waals surface area contributed by atoms with Crippen LogP contribution in [-0.2, 0) is 0 Å². The van der Waals surface area contributed by atoms with Crippen LogP contribution in [0.15, 0.2) is 48.5 Å². The van der Waals surface area contributed by atoms with Gasteiger partial charge in [-0.2, -0.15) is 0 Å². The monoisotopic (exact) mass is 254 g/mol. The van der Waals surface area contributed by atoms with Gasteiger partial charge < -0.3 is 5.11 Å². The highest BCUT2D eigenvalue weighted by Crippen LogP contribution is 2.20. The Morgan fingerprint density at radius 1 is 1.11 bits per heavy atom. The van der Waals surface area contributed by atoms with Crippen LogP contribution in [-0.4, -0.2) is 10.9 Å². The molecule has 0 saturated heterocycles. The van der Waals surface area contributed by atoms with Crippen molar-refractivity contribution in [2.24, 2.45) is 0 Å². The second kappa shape index (κ2) is 5.70. The van der Waals surface area contributed by atoms with Gasteiger partial charge in [0.1, 0.15) is 5.75 Å². The van der Waals surface area contributed by atoms with Crippen LogP contribution in [0.2, 0.25) is 0 Å². The molecule has 0 bridgehead atoms. The van der Waals surface area contributed by atoms with Crippen LogP contribution in [0.4, 0.5) is 0 Å². The van der Waals surface area contributed by atoms with Crippen molar-refractivity contribution in [2.45, 2.75) is 26.2 Å². The first kappa shape index (κ1) is 13.3. The van der Waals surface area contributed by atoms with Crippen LogP contribution in [0.5, 0.6) is 5.75 Å². The molecule has 2 nitrogen and oxygen atoms in total. The van der Waals surface area contributed by atoms with Gasteiger partial charge in [0.15, 0.2) is 5.78 Å². The predicted octanol–water partition coefficient (Wildman–Crippen LogP) is 4.14. The number of carbonyl (C=O) groups is 1. The van der Waals surface area contributed by atoms with E-state index in [1.807, 2.05) is 24.3 Å². The van der Waals surface area contributed by atoms with Crippen LogP contribution in [0, 0.1) is 0 Å². The van der Waals surface area contributed by atoms with Crippen molar-refractivity contribution in [2.75, 3.05) is 0 Å². The molecule has 1 unspecified atom stereocenters. The van der Waals surface area contributed by atoms with Gasteiger partial charge in [-0.25, -0.2) is 0 Å². The lowest BCUT2D eigenvalue weighted by molar-refractivity contribution is 0.103. The van der Waals surface area contributed by atoms with E-state index in [1.54, 1.807) is 18.2 Å². The molecule has 2 rings (SSSR count). The number of rotatable bonds is 4. The predicted molar refractivity (Wildman–Crippen MR) is 76.7 cm³/mol. The van der Waals surface area contributed by atoms with E-state index < -0.39 is 0 Å². The van der Waals surface area contributed by atoms with Gasteiger partial charge in [-0.1, -0.05) is 50.2 Å². The Bertz CT molecular complexity index is 570. The molecule has 0 heterocycles. The molecule has 0 radical (unpaired) electrons. The van der Waals surface area contributed by atoms with Crippen LogP contribution in [0.1, 0.15) is 47.7 Å². The molecule has 0 amide bonds. The third kappa shape index (κ3) is 3.02. The summed E-state index contributed by atoms with van der Waals surface area (Å²) >= 11 is 0. The zero-order chi connectivity index (χ0) is 13.8. The molecule has 0 aliphatic rings. The lowest BCUT2D eigenvalue weighted by atomic mass is 9.95. The molecule has 2 aromatic rings. The average Bonchev–Trinajstić information content (AvgIpc) is 2.46. The minimum Gasteiger partial charge on any atom is -0.508 e. The maximum Gasteiger partial charge on any atom is 0.193 e. The molecule has 0 aromatic heterocycles. The topological polar surface area (TPSA) is 37.3 Å². The molecule has 1 atom stereocenters. The lowest BCUT2D eigenvalue weighted by Gasteiger charge is -2.09. The zero-order valence-electron chi connectivity index (χ0n) is 11.3. The fourth-order valence-corrected chi connectivity index (χ4v) is 2.01. The highest BCUT2D eigenvalue weighted by atomic mass is 16.3. The average molecular weight is 254 g/mol. The Morgan fingerprint density at radius 2 is 1.79 bits per heavy atom. The van der Waals surface area contributed by atoms with Gasteiger partial charge in [0.2, 0.25) is 0 Å². The maximum absolute atomic E-state index is 12.2. The van der Waals surface area contributed by atoms with Crippen molar-refractivity contribution >= 4 is 5.78 Å². The second-order valence-corrected chi connectivity index (χ2v) is 4.81. The summed E-state index contributed by atoms with van der Waals surface area (Å²) in [7, 11) is 0. The summed E-state index contributed by atoms with van der Waals surface area (Å²) in [6, 6.07) is 14.2. The summed E-state index contributed by atoms with van der Waals surface area (Å²) in [4.78, 5) is 12.2. The van der Waals surface area contributed by atoms with Gasteiger partial charge in [-0.3, -0.25) is 4.79 Å². The van der Waals surface area contributed by atoms with E-state index in [0.29, 0.717) is 17.0 Å². The van der Waals surface area contributed by atoms with Crippen molar-refractivity contribution in [1.29, 1.82) is 0 Å². The van der Waals surface area contributed by atoms with Gasteiger partial charge >= 0.3 is 0 Å². The summed E-state index contributed by atoms with van der Waals surface area (Å²) in [5, 5.41) is 9.41. The molecule has 1 N–H and O–H groups in total. The van der Waals surface area contributed by atoms with Gasteiger partial charge in [-0.05, 0) is 30.0 Å². The summed E-state index contributed by atoms with van der Waals surface area (Å²) in [6.07, 6.45) is 1.08. The van der Waals surface area contributed by atoms with Crippen LogP contribution < -0.4 is 0 Å². The lowest BCUT2D eigenvalue weighted by Crippen LogP contribution is -2.01. The molecular formula is C17H18O2. The molecule has 0 aliphatic carbocycles. The number of aromatic hydroxyl groups is 1. The number of phenols is 1. The third-order valence-corrected chi connectivity index (χ3v) is 3.46. The number of hydrogen-bond acceptors (Lipinski definition) is 2. The molecule has 0 aliphatic heterocycles. The third-order valence-electron chi connectivity index (χ3n) is 3.46. The van der Waals surface area contributed by atoms with E-state index in [2.05, 4.69) is 13.8 Å². The summed E-state index contributed by atoms with van der Waals surface area (Å²) in [5.74, 6) is 0.554. The van der Waals surface area contributed by atoms with E-state index in [1.165, 1.54) is 11.6 Å². The summed E-state index contributed by atoms with van der Waals surface area (Å²) in [5.41, 5.74) is 2.41. The molecule has 0 saturated carbocycles. The quantitative estimate of drug-likeness (QED) is 0.833. The van der Waals surface area contributed by atoms with Crippen molar-refractivity contribution in [3.63, 3.8) is 0 Å². The van der Waals surface area contributed by atoms with Gasteiger partial charge in [0, 0.05) is 11.1 Å². The Morgan fingerprint density at radius 3 is 2.37 bits per heavy atom. The van der Waals surface area contributed by atoms with Gasteiger partial charge in [0.25, 0.3) is 0 Å². The molecule has 2 heteroatoms. The van der Waals surface area contributed by atoms with Gasteiger partial charge in [0.05, 0.1) is 0 Å². The standard InChI is InChI=1S/C17H18O2/c1-3-12(2)13-7-9-14(10-8-13)17(19)15-5-4-6-16(18)11-15/h4-12,18H,3H2,1-2H3. The number of ketones is 1. The number of hydrogen-bond donors (Lipinski definition) is 1. The number of carbonyl (C=O) groups excluding carboxylic acids is 1. The van der Waals surface area contributed by atoms with Crippen LogP contribution in [0.3, 0.4) is 0 Å². The molecule has 19 heavy (non-hydrogen) atoms. The second-order valence-electron chi connectivity index (χ2n) is 4.81. The zero-order valence-corrected chi connectivity index (χ0v) is 11.3. The first-order valence-electron chi connectivity index (χ1n) is 6.55. The number of phenolic OH excluding ortho intramolecular Hbond substituents is 1. The van der Waals surface area contributed by atoms with Crippen LogP contribution in [0.25, 0.3) is 0 Å². The first-order valence-corrected chi connectivity index (χ1v) is 6.55. The molecular weight excluding hydrogens is 236 g/mol. The van der Waals surface area contributed by atoms with Crippen molar-refractivity contribution in [1.82, 2.24) is 0 Å². The fraction of sp³-hybridized carbons (Fsp3) is 0.235.